The van der Waals surface area contributed by atoms with Gasteiger partial charge in [-0.15, -0.1) is 0 Å². The average Bonchev–Trinajstić information content (AvgIpc) is 2.88. The highest BCUT2D eigenvalue weighted by Gasteiger charge is 2.17. The van der Waals surface area contributed by atoms with E-state index in [0.717, 1.165) is 80.5 Å². The molecule has 0 bridgehead atoms. The van der Waals surface area contributed by atoms with Crippen LogP contribution in [0.4, 0.5) is 11.5 Å². The standard InChI is InChI=1S/C24H31N7O/c1-2-30-10-12-31(13-11-30)19-5-3-18(4-6-19)21-15-22-23(27-8-7-26-22)24(29-21)28-17-20-16-25-9-14-32-20/h3-8,15,20,25H,2,9-14,16-17H2,1H3,(H,28,29). The Balaban J connectivity index is 1.36. The molecule has 0 aliphatic carbocycles. The van der Waals surface area contributed by atoms with Gasteiger partial charge < -0.3 is 25.2 Å². The zero-order valence-electron chi connectivity index (χ0n) is 18.6. The summed E-state index contributed by atoms with van der Waals surface area (Å²) in [7, 11) is 0. The van der Waals surface area contributed by atoms with E-state index in [1.54, 1.807) is 12.4 Å². The Morgan fingerprint density at radius 2 is 1.91 bits per heavy atom. The number of fused-ring (bicyclic) bond motifs is 1. The van der Waals surface area contributed by atoms with Crippen molar-refractivity contribution in [1.29, 1.82) is 0 Å². The van der Waals surface area contributed by atoms with Crippen LogP contribution in [-0.2, 0) is 4.74 Å². The van der Waals surface area contributed by atoms with Crippen LogP contribution in [0.5, 0.6) is 0 Å². The molecule has 0 radical (unpaired) electrons. The van der Waals surface area contributed by atoms with Crippen LogP contribution in [0.1, 0.15) is 6.92 Å². The molecular formula is C24H31N7O. The highest BCUT2D eigenvalue weighted by atomic mass is 16.5. The number of morpholine rings is 1. The van der Waals surface area contributed by atoms with E-state index in [0.29, 0.717) is 6.54 Å². The fraction of sp³-hybridized carbons (Fsp3) is 0.458. The number of ether oxygens (including phenoxy) is 1. The number of benzene rings is 1. The Hall–Kier alpha value is -2.81. The second kappa shape index (κ2) is 9.77. The first kappa shape index (κ1) is 21.1. The number of rotatable bonds is 6. The third-order valence-corrected chi connectivity index (χ3v) is 6.31. The number of hydrogen-bond donors (Lipinski definition) is 2. The maximum absolute atomic E-state index is 5.81. The van der Waals surface area contributed by atoms with Crippen LogP contribution in [0, 0.1) is 0 Å². The van der Waals surface area contributed by atoms with E-state index in [4.69, 9.17) is 9.72 Å². The van der Waals surface area contributed by atoms with Crippen molar-refractivity contribution in [1.82, 2.24) is 25.2 Å². The summed E-state index contributed by atoms with van der Waals surface area (Å²) in [5.41, 5.74) is 4.86. The van der Waals surface area contributed by atoms with Gasteiger partial charge in [0.1, 0.15) is 5.52 Å². The summed E-state index contributed by atoms with van der Waals surface area (Å²) in [5, 5.41) is 6.81. The molecule has 2 N–H and O–H groups in total. The number of aromatic nitrogens is 3. The molecule has 2 aliphatic heterocycles. The van der Waals surface area contributed by atoms with E-state index in [-0.39, 0.29) is 6.10 Å². The van der Waals surface area contributed by atoms with Crippen LogP contribution in [0.3, 0.4) is 0 Å². The molecular weight excluding hydrogens is 402 g/mol. The Kier molecular flexibility index (Phi) is 6.43. The summed E-state index contributed by atoms with van der Waals surface area (Å²) in [6.45, 7) is 10.9. The van der Waals surface area contributed by atoms with E-state index < -0.39 is 0 Å². The van der Waals surface area contributed by atoms with Gasteiger partial charge in [0, 0.05) is 69.5 Å². The molecule has 0 saturated carbocycles. The number of likely N-dealkylation sites (N-methyl/N-ethyl adjacent to an activating group) is 1. The molecule has 2 aliphatic rings. The normalized spacial score (nSPS) is 19.9. The van der Waals surface area contributed by atoms with Gasteiger partial charge in [-0.25, -0.2) is 9.97 Å². The van der Waals surface area contributed by atoms with Gasteiger partial charge in [0.05, 0.1) is 23.9 Å². The highest BCUT2D eigenvalue weighted by molar-refractivity contribution is 5.88. The first-order valence-electron chi connectivity index (χ1n) is 11.6. The lowest BCUT2D eigenvalue weighted by atomic mass is 10.1. The summed E-state index contributed by atoms with van der Waals surface area (Å²) >= 11 is 0. The van der Waals surface area contributed by atoms with Crippen molar-refractivity contribution in [3.8, 4) is 11.3 Å². The van der Waals surface area contributed by atoms with Gasteiger partial charge in [-0.1, -0.05) is 19.1 Å². The summed E-state index contributed by atoms with van der Waals surface area (Å²) in [6.07, 6.45) is 3.55. The van der Waals surface area contributed by atoms with Crippen LogP contribution >= 0.6 is 0 Å². The second-order valence-corrected chi connectivity index (χ2v) is 8.33. The molecule has 2 fully saturated rings. The van der Waals surface area contributed by atoms with Crippen molar-refractivity contribution in [3.05, 3.63) is 42.7 Å². The van der Waals surface area contributed by atoms with Crippen molar-refractivity contribution in [2.75, 3.05) is 69.2 Å². The van der Waals surface area contributed by atoms with Crippen LogP contribution in [0.15, 0.2) is 42.7 Å². The minimum atomic E-state index is 0.119. The molecule has 3 aromatic rings. The maximum atomic E-state index is 5.81. The third-order valence-electron chi connectivity index (χ3n) is 6.31. The molecule has 4 heterocycles. The SMILES string of the molecule is CCN1CCN(c2ccc(-c3cc4nccnc4c(NCC4CNCCO4)n3)cc2)CC1. The van der Waals surface area contributed by atoms with Gasteiger partial charge in [-0.05, 0) is 24.7 Å². The lowest BCUT2D eigenvalue weighted by Crippen LogP contribution is -2.46. The molecule has 1 unspecified atom stereocenters. The Morgan fingerprint density at radius 1 is 1.09 bits per heavy atom. The molecule has 1 atom stereocenters. The topological polar surface area (TPSA) is 78.4 Å². The zero-order chi connectivity index (χ0) is 21.8. The number of anilines is 2. The molecule has 0 amide bonds. The van der Waals surface area contributed by atoms with Crippen molar-refractivity contribution in [2.24, 2.45) is 0 Å². The van der Waals surface area contributed by atoms with Crippen molar-refractivity contribution in [3.63, 3.8) is 0 Å². The van der Waals surface area contributed by atoms with E-state index in [2.05, 4.69) is 61.6 Å². The Bertz CT molecular complexity index is 1030. The van der Waals surface area contributed by atoms with Crippen molar-refractivity contribution < 1.29 is 4.74 Å². The smallest absolute Gasteiger partial charge is 0.154 e. The molecule has 32 heavy (non-hydrogen) atoms. The van der Waals surface area contributed by atoms with Gasteiger partial charge >= 0.3 is 0 Å². The van der Waals surface area contributed by atoms with Crippen molar-refractivity contribution in [2.45, 2.75) is 13.0 Å². The maximum Gasteiger partial charge on any atom is 0.154 e. The molecule has 8 nitrogen and oxygen atoms in total. The zero-order valence-corrected chi connectivity index (χ0v) is 18.6. The monoisotopic (exact) mass is 433 g/mol. The van der Waals surface area contributed by atoms with E-state index >= 15 is 0 Å². The van der Waals surface area contributed by atoms with Gasteiger partial charge in [0.15, 0.2) is 5.82 Å². The summed E-state index contributed by atoms with van der Waals surface area (Å²) < 4.78 is 5.81. The quantitative estimate of drug-likeness (QED) is 0.613. The predicted octanol–water partition coefficient (Wildman–Crippen LogP) is 2.23. The fourth-order valence-electron chi connectivity index (χ4n) is 4.37. The Labute approximate surface area is 189 Å². The van der Waals surface area contributed by atoms with Crippen LogP contribution < -0.4 is 15.5 Å². The molecule has 168 valence electrons. The molecule has 2 aromatic heterocycles. The highest BCUT2D eigenvalue weighted by Crippen LogP contribution is 2.27. The van der Waals surface area contributed by atoms with Crippen LogP contribution in [0.2, 0.25) is 0 Å². The number of pyridine rings is 1. The number of piperazine rings is 1. The minimum Gasteiger partial charge on any atom is -0.374 e. The Morgan fingerprint density at radius 3 is 2.66 bits per heavy atom. The summed E-state index contributed by atoms with van der Waals surface area (Å²) in [6, 6.07) is 10.7. The van der Waals surface area contributed by atoms with Gasteiger partial charge in [0.2, 0.25) is 0 Å². The molecule has 8 heteroatoms. The minimum absolute atomic E-state index is 0.119. The van der Waals surface area contributed by atoms with E-state index in [1.165, 1.54) is 5.69 Å². The number of nitrogens with zero attached hydrogens (tertiary/aromatic N) is 5. The first-order valence-corrected chi connectivity index (χ1v) is 11.6. The van der Waals surface area contributed by atoms with E-state index in [1.807, 2.05) is 6.07 Å². The number of hydrogen-bond acceptors (Lipinski definition) is 8. The largest absolute Gasteiger partial charge is 0.374 e. The molecule has 2 saturated heterocycles. The van der Waals surface area contributed by atoms with Crippen molar-refractivity contribution >= 4 is 22.5 Å². The lowest BCUT2D eigenvalue weighted by Gasteiger charge is -2.35. The lowest BCUT2D eigenvalue weighted by molar-refractivity contribution is 0.0372. The summed E-state index contributed by atoms with van der Waals surface area (Å²) in [5.74, 6) is 0.750. The van der Waals surface area contributed by atoms with Crippen LogP contribution in [0.25, 0.3) is 22.3 Å². The van der Waals surface area contributed by atoms with Gasteiger partial charge in [-0.2, -0.15) is 0 Å². The molecule has 1 aromatic carbocycles. The van der Waals surface area contributed by atoms with E-state index in [9.17, 15) is 0 Å². The average molecular weight is 434 g/mol. The van der Waals surface area contributed by atoms with Gasteiger partial charge in [-0.3, -0.25) is 4.98 Å². The van der Waals surface area contributed by atoms with Crippen LogP contribution in [-0.4, -0.2) is 84.9 Å². The predicted molar refractivity (Wildman–Crippen MR) is 128 cm³/mol. The summed E-state index contributed by atoms with van der Waals surface area (Å²) in [4.78, 5) is 18.9. The fourth-order valence-corrected chi connectivity index (χ4v) is 4.37. The first-order chi connectivity index (χ1) is 15.8. The third kappa shape index (κ3) is 4.67. The molecule has 5 rings (SSSR count). The number of nitrogens with one attached hydrogen (secondary N) is 2. The second-order valence-electron chi connectivity index (χ2n) is 8.33. The van der Waals surface area contributed by atoms with Gasteiger partial charge in [0.25, 0.3) is 0 Å². The molecule has 0 spiro atoms.